The average molecular weight is 529 g/mol. The highest BCUT2D eigenvalue weighted by molar-refractivity contribution is 6.13. The van der Waals surface area contributed by atoms with Gasteiger partial charge in [-0.3, -0.25) is 19.2 Å². The second kappa shape index (κ2) is 12.7. The van der Waals surface area contributed by atoms with Gasteiger partial charge in [0.1, 0.15) is 11.5 Å². The van der Waals surface area contributed by atoms with Crippen LogP contribution in [0, 0.1) is 0 Å². The third-order valence-electron chi connectivity index (χ3n) is 6.19. The second-order valence-electron chi connectivity index (χ2n) is 8.85. The van der Waals surface area contributed by atoms with Crippen LogP contribution < -0.4 is 9.47 Å². The van der Waals surface area contributed by atoms with Crippen LogP contribution in [0.25, 0.3) is 21.5 Å². The van der Waals surface area contributed by atoms with Gasteiger partial charge in [-0.15, -0.1) is 0 Å². The molecule has 0 heterocycles. The predicted octanol–water partition coefficient (Wildman–Crippen LogP) is 5.30. The van der Waals surface area contributed by atoms with E-state index in [4.69, 9.17) is 9.47 Å². The minimum Gasteiger partial charge on any atom is -0.469 e. The van der Waals surface area contributed by atoms with Crippen molar-refractivity contribution in [3.63, 3.8) is 0 Å². The molecule has 0 saturated heterocycles. The van der Waals surface area contributed by atoms with Crippen molar-refractivity contribution in [1.82, 2.24) is 0 Å². The number of methoxy groups -OCH3 is 2. The summed E-state index contributed by atoms with van der Waals surface area (Å²) in [5.41, 5.74) is 2.06. The fraction of sp³-hybridized carbons (Fsp3) is 0.226. The largest absolute Gasteiger partial charge is 0.469 e. The molecule has 0 radical (unpaired) electrons. The van der Waals surface area contributed by atoms with Crippen molar-refractivity contribution in [2.75, 3.05) is 14.2 Å². The maximum atomic E-state index is 12.8. The Kier molecular flexibility index (Phi) is 8.89. The van der Waals surface area contributed by atoms with Gasteiger partial charge in [-0.1, -0.05) is 66.7 Å². The molecule has 0 fully saturated rings. The Labute approximate surface area is 225 Å². The number of esters is 4. The number of hydrogen-bond acceptors (Lipinski definition) is 8. The molecule has 39 heavy (non-hydrogen) atoms. The van der Waals surface area contributed by atoms with Crippen LogP contribution in [-0.4, -0.2) is 38.1 Å². The fourth-order valence-electron chi connectivity index (χ4n) is 4.25. The van der Waals surface area contributed by atoms with Gasteiger partial charge < -0.3 is 18.9 Å². The van der Waals surface area contributed by atoms with Crippen LogP contribution in [0.3, 0.4) is 0 Å². The third kappa shape index (κ3) is 6.78. The summed E-state index contributed by atoms with van der Waals surface area (Å²) in [6.45, 7) is 0. The van der Waals surface area contributed by atoms with E-state index in [0.717, 1.165) is 11.1 Å². The van der Waals surface area contributed by atoms with E-state index in [9.17, 15) is 19.2 Å². The van der Waals surface area contributed by atoms with Crippen LogP contribution in [-0.2, 0) is 35.1 Å². The lowest BCUT2D eigenvalue weighted by Gasteiger charge is -2.17. The van der Waals surface area contributed by atoms with Crippen molar-refractivity contribution in [3.05, 3.63) is 83.9 Å². The molecule has 0 aliphatic rings. The topological polar surface area (TPSA) is 105 Å². The number of rotatable bonds is 10. The van der Waals surface area contributed by atoms with Crippen LogP contribution >= 0.6 is 0 Å². The van der Waals surface area contributed by atoms with Gasteiger partial charge in [-0.2, -0.15) is 0 Å². The van der Waals surface area contributed by atoms with Gasteiger partial charge in [0.05, 0.1) is 39.9 Å². The van der Waals surface area contributed by atoms with Crippen molar-refractivity contribution in [2.24, 2.45) is 0 Å². The first-order valence-electron chi connectivity index (χ1n) is 12.5. The summed E-state index contributed by atoms with van der Waals surface area (Å²) in [5, 5.41) is 2.25. The lowest BCUT2D eigenvalue weighted by atomic mass is 9.96. The Balaban J connectivity index is 1.81. The average Bonchev–Trinajstić information content (AvgIpc) is 2.96. The summed E-state index contributed by atoms with van der Waals surface area (Å²) in [5.74, 6) is -1.61. The van der Waals surface area contributed by atoms with Gasteiger partial charge in [0.25, 0.3) is 0 Å². The summed E-state index contributed by atoms with van der Waals surface area (Å²) >= 11 is 0. The summed E-state index contributed by atoms with van der Waals surface area (Å²) in [4.78, 5) is 48.6. The molecule has 0 saturated carbocycles. The summed E-state index contributed by atoms with van der Waals surface area (Å²) in [7, 11) is 2.51. The van der Waals surface area contributed by atoms with Crippen LogP contribution in [0.4, 0.5) is 0 Å². The van der Waals surface area contributed by atoms with Crippen LogP contribution in [0.15, 0.2) is 72.8 Å². The van der Waals surface area contributed by atoms with Gasteiger partial charge in [0.15, 0.2) is 0 Å². The number of carbonyl (C=O) groups is 4. The lowest BCUT2D eigenvalue weighted by molar-refractivity contribution is -0.144. The first kappa shape index (κ1) is 27.3. The van der Waals surface area contributed by atoms with E-state index in [2.05, 4.69) is 9.47 Å². The molecule has 0 bridgehead atoms. The smallest absolute Gasteiger partial charge is 0.311 e. The molecule has 0 aliphatic heterocycles. The maximum absolute atomic E-state index is 12.8. The van der Waals surface area contributed by atoms with E-state index >= 15 is 0 Å². The van der Waals surface area contributed by atoms with E-state index < -0.39 is 23.9 Å². The summed E-state index contributed by atoms with van der Waals surface area (Å²) in [6, 6.07) is 22.7. The number of ether oxygens (including phenoxy) is 4. The molecule has 0 aliphatic carbocycles. The molecule has 4 aromatic carbocycles. The van der Waals surface area contributed by atoms with E-state index in [0.29, 0.717) is 39.5 Å². The van der Waals surface area contributed by atoms with E-state index in [-0.39, 0.29) is 25.7 Å². The van der Waals surface area contributed by atoms with E-state index in [1.54, 1.807) is 24.3 Å². The predicted molar refractivity (Wildman–Crippen MR) is 144 cm³/mol. The van der Waals surface area contributed by atoms with Crippen molar-refractivity contribution in [1.29, 1.82) is 0 Å². The van der Waals surface area contributed by atoms with Crippen LogP contribution in [0.2, 0.25) is 0 Å². The number of fused-ring (bicyclic) bond motifs is 2. The zero-order chi connectivity index (χ0) is 27.8. The van der Waals surface area contributed by atoms with Crippen LogP contribution in [0.1, 0.15) is 36.8 Å². The van der Waals surface area contributed by atoms with Gasteiger partial charge in [0, 0.05) is 21.5 Å². The van der Waals surface area contributed by atoms with E-state index in [1.165, 1.54) is 14.2 Å². The molecular weight excluding hydrogens is 500 g/mol. The Morgan fingerprint density at radius 1 is 0.513 bits per heavy atom. The van der Waals surface area contributed by atoms with Crippen molar-refractivity contribution < 1.29 is 38.1 Å². The molecule has 0 spiro atoms. The zero-order valence-corrected chi connectivity index (χ0v) is 21.7. The molecule has 4 rings (SSSR count). The molecule has 8 heteroatoms. The first-order valence-corrected chi connectivity index (χ1v) is 12.5. The minimum atomic E-state index is -0.594. The number of benzene rings is 4. The number of carbonyl (C=O) groups excluding carboxylic acids is 4. The molecule has 0 aromatic heterocycles. The van der Waals surface area contributed by atoms with Gasteiger partial charge in [0.2, 0.25) is 0 Å². The van der Waals surface area contributed by atoms with Crippen LogP contribution in [0.5, 0.6) is 11.5 Å². The molecule has 0 amide bonds. The molecule has 0 atom stereocenters. The monoisotopic (exact) mass is 528 g/mol. The highest BCUT2D eigenvalue weighted by Gasteiger charge is 2.21. The summed E-state index contributed by atoms with van der Waals surface area (Å²) in [6.07, 6.45) is 0.103. The Morgan fingerprint density at radius 3 is 1.51 bits per heavy atom. The SMILES string of the molecule is COC(=O)CCC(=O)Oc1c2ccccc2c(OC(=O)CCC(=O)OC)c2cc(Cc3ccccc3)ccc12. The molecule has 0 unspecified atom stereocenters. The number of hydrogen-bond donors (Lipinski definition) is 0. The quantitative estimate of drug-likeness (QED) is 0.155. The first-order chi connectivity index (χ1) is 18.9. The van der Waals surface area contributed by atoms with Gasteiger partial charge >= 0.3 is 23.9 Å². The Morgan fingerprint density at radius 2 is 0.974 bits per heavy atom. The van der Waals surface area contributed by atoms with Crippen molar-refractivity contribution in [2.45, 2.75) is 32.1 Å². The molecule has 8 nitrogen and oxygen atoms in total. The highest BCUT2D eigenvalue weighted by Crippen LogP contribution is 2.43. The van der Waals surface area contributed by atoms with Crippen molar-refractivity contribution >= 4 is 45.4 Å². The maximum Gasteiger partial charge on any atom is 0.311 e. The second-order valence-corrected chi connectivity index (χ2v) is 8.85. The lowest BCUT2D eigenvalue weighted by Crippen LogP contribution is -2.13. The van der Waals surface area contributed by atoms with E-state index in [1.807, 2.05) is 48.5 Å². The van der Waals surface area contributed by atoms with Gasteiger partial charge in [-0.05, 0) is 23.6 Å². The molecule has 200 valence electrons. The minimum absolute atomic E-state index is 0.109. The normalized spacial score (nSPS) is 10.7. The van der Waals surface area contributed by atoms with Gasteiger partial charge in [-0.25, -0.2) is 0 Å². The van der Waals surface area contributed by atoms with Crippen molar-refractivity contribution in [3.8, 4) is 11.5 Å². The molecular formula is C31H28O8. The molecule has 4 aromatic rings. The zero-order valence-electron chi connectivity index (χ0n) is 21.7. The Hall–Kier alpha value is -4.72. The molecule has 0 N–H and O–H groups in total. The third-order valence-corrected chi connectivity index (χ3v) is 6.19. The Bertz CT molecular complexity index is 1520. The fourth-order valence-corrected chi connectivity index (χ4v) is 4.25. The highest BCUT2D eigenvalue weighted by atomic mass is 16.5. The standard InChI is InChI=1S/C31H28O8/c1-36-26(32)14-16-28(34)38-30-22-10-6-7-11-23(22)31(39-29(35)17-15-27(33)37-2)25-19-21(12-13-24(25)30)18-20-8-4-3-5-9-20/h3-13,19H,14-18H2,1-2H3. The summed E-state index contributed by atoms with van der Waals surface area (Å²) < 4.78 is 20.9.